The van der Waals surface area contributed by atoms with Gasteiger partial charge in [-0.3, -0.25) is 4.79 Å². The lowest BCUT2D eigenvalue weighted by atomic mass is 9.84. The van der Waals surface area contributed by atoms with Gasteiger partial charge in [-0.15, -0.1) is 0 Å². The zero-order valence-corrected chi connectivity index (χ0v) is 19.0. The Morgan fingerprint density at radius 2 is 1.44 bits per heavy atom. The van der Waals surface area contributed by atoms with Crippen LogP contribution in [0.2, 0.25) is 0 Å². The Bertz CT molecular complexity index is 991. The summed E-state index contributed by atoms with van der Waals surface area (Å²) < 4.78 is 10.8. The molecular formula is C25H29NO6. The summed E-state index contributed by atoms with van der Waals surface area (Å²) in [5, 5.41) is 12.0. The van der Waals surface area contributed by atoms with E-state index in [0.29, 0.717) is 0 Å². The average molecular weight is 440 g/mol. The van der Waals surface area contributed by atoms with E-state index in [1.807, 2.05) is 48.5 Å². The molecule has 1 atom stereocenters. The molecule has 0 aromatic heterocycles. The molecule has 0 fully saturated rings. The number of carbonyl (C=O) groups excluding carboxylic acids is 2. The number of hydrogen-bond acceptors (Lipinski definition) is 5. The molecule has 1 aliphatic carbocycles. The first-order valence-electron chi connectivity index (χ1n) is 10.5. The van der Waals surface area contributed by atoms with E-state index in [2.05, 4.69) is 5.32 Å². The lowest BCUT2D eigenvalue weighted by Crippen LogP contribution is -2.55. The third-order valence-electron chi connectivity index (χ3n) is 5.50. The van der Waals surface area contributed by atoms with Crippen LogP contribution < -0.4 is 5.32 Å². The second kappa shape index (κ2) is 8.65. The van der Waals surface area contributed by atoms with E-state index in [1.54, 1.807) is 20.8 Å². The van der Waals surface area contributed by atoms with Gasteiger partial charge in [0.05, 0.1) is 5.41 Å². The van der Waals surface area contributed by atoms with E-state index in [-0.39, 0.29) is 12.5 Å². The minimum Gasteiger partial charge on any atom is -0.480 e. The Kier molecular flexibility index (Phi) is 6.30. The summed E-state index contributed by atoms with van der Waals surface area (Å²) in [6.07, 6.45) is -0.907. The van der Waals surface area contributed by atoms with Crippen LogP contribution in [-0.2, 0) is 19.1 Å². The molecule has 3 rings (SSSR count). The van der Waals surface area contributed by atoms with Crippen LogP contribution in [0.4, 0.5) is 4.79 Å². The molecule has 0 heterocycles. The normalized spacial score (nSPS) is 14.2. The lowest BCUT2D eigenvalue weighted by molar-refractivity contribution is -0.171. The van der Waals surface area contributed by atoms with Gasteiger partial charge < -0.3 is 19.9 Å². The average Bonchev–Trinajstić information content (AvgIpc) is 3.02. The highest BCUT2D eigenvalue weighted by atomic mass is 16.6. The highest BCUT2D eigenvalue weighted by molar-refractivity contribution is 5.89. The maximum Gasteiger partial charge on any atom is 0.407 e. The Hall–Kier alpha value is -3.35. The van der Waals surface area contributed by atoms with Crippen LogP contribution in [0.3, 0.4) is 0 Å². The number of rotatable bonds is 6. The van der Waals surface area contributed by atoms with Gasteiger partial charge in [0.25, 0.3) is 0 Å². The molecule has 1 aliphatic rings. The van der Waals surface area contributed by atoms with Crippen molar-refractivity contribution in [3.63, 3.8) is 0 Å². The van der Waals surface area contributed by atoms with Crippen LogP contribution >= 0.6 is 0 Å². The van der Waals surface area contributed by atoms with Crippen molar-refractivity contribution in [3.8, 4) is 11.1 Å². The number of nitrogens with one attached hydrogen (secondary N) is 1. The second-order valence-electron chi connectivity index (χ2n) is 9.46. The zero-order chi connectivity index (χ0) is 23.7. The monoisotopic (exact) mass is 439 g/mol. The maximum atomic E-state index is 12.6. The molecule has 2 N–H and O–H groups in total. The Balaban J connectivity index is 1.72. The Morgan fingerprint density at radius 3 is 1.91 bits per heavy atom. The summed E-state index contributed by atoms with van der Waals surface area (Å²) in [6.45, 7) is 7.95. The third-order valence-corrected chi connectivity index (χ3v) is 5.50. The number of carbonyl (C=O) groups is 3. The number of esters is 1. The van der Waals surface area contributed by atoms with Crippen molar-refractivity contribution in [2.24, 2.45) is 5.41 Å². The number of hydrogen-bond donors (Lipinski definition) is 2. The zero-order valence-electron chi connectivity index (χ0n) is 19.0. The number of fused-ring (bicyclic) bond motifs is 3. The van der Waals surface area contributed by atoms with E-state index in [0.717, 1.165) is 22.3 Å². The number of carboxylic acids is 1. The van der Waals surface area contributed by atoms with Crippen LogP contribution in [0.25, 0.3) is 11.1 Å². The molecule has 7 heteroatoms. The SMILES string of the molecule is CC(C)(C)OC(=O)C(C)(C)[C@@H](NC(=O)OCC1c2ccccc2-c2ccccc21)C(=O)O. The third kappa shape index (κ3) is 4.77. The number of amides is 1. The molecule has 1 amide bonds. The van der Waals surface area contributed by atoms with Gasteiger partial charge in [-0.2, -0.15) is 0 Å². The minimum absolute atomic E-state index is 0.0407. The van der Waals surface area contributed by atoms with Crippen molar-refractivity contribution >= 4 is 18.0 Å². The summed E-state index contributed by atoms with van der Waals surface area (Å²) >= 11 is 0. The maximum absolute atomic E-state index is 12.6. The van der Waals surface area contributed by atoms with Crippen LogP contribution in [0, 0.1) is 5.41 Å². The van der Waals surface area contributed by atoms with E-state index in [4.69, 9.17) is 9.47 Å². The lowest BCUT2D eigenvalue weighted by Gasteiger charge is -2.32. The van der Waals surface area contributed by atoms with Crippen LogP contribution in [0.1, 0.15) is 51.7 Å². The Morgan fingerprint density at radius 1 is 0.938 bits per heavy atom. The van der Waals surface area contributed by atoms with E-state index >= 15 is 0 Å². The summed E-state index contributed by atoms with van der Waals surface area (Å²) in [5.41, 5.74) is 1.97. The standard InChI is InChI=1S/C25H29NO6/c1-24(2,3)32-22(29)25(4,5)20(21(27)28)26-23(30)31-14-19-17-12-8-6-10-15(17)16-11-7-9-13-18(16)19/h6-13,19-20H,14H2,1-5H3,(H,26,30)(H,27,28)/t20-/m0/s1. The van der Waals surface area contributed by atoms with Gasteiger partial charge in [0.2, 0.25) is 0 Å². The summed E-state index contributed by atoms with van der Waals surface area (Å²) in [4.78, 5) is 37.0. The highest BCUT2D eigenvalue weighted by Crippen LogP contribution is 2.44. The molecule has 0 bridgehead atoms. The van der Waals surface area contributed by atoms with Crippen molar-refractivity contribution in [3.05, 3.63) is 59.7 Å². The van der Waals surface area contributed by atoms with Gasteiger partial charge in [0.1, 0.15) is 18.2 Å². The molecule has 0 unspecified atom stereocenters. The number of aliphatic carboxylic acids is 1. The molecule has 2 aromatic carbocycles. The van der Waals surface area contributed by atoms with Gasteiger partial charge in [0.15, 0.2) is 0 Å². The largest absolute Gasteiger partial charge is 0.480 e. The first-order valence-corrected chi connectivity index (χ1v) is 10.5. The number of ether oxygens (including phenoxy) is 2. The molecule has 170 valence electrons. The smallest absolute Gasteiger partial charge is 0.407 e. The number of carboxylic acid groups (broad SMARTS) is 1. The van der Waals surface area contributed by atoms with E-state index in [1.165, 1.54) is 13.8 Å². The van der Waals surface area contributed by atoms with Gasteiger partial charge in [-0.25, -0.2) is 9.59 Å². The quantitative estimate of drug-likeness (QED) is 0.649. The molecule has 32 heavy (non-hydrogen) atoms. The molecular weight excluding hydrogens is 410 g/mol. The second-order valence-corrected chi connectivity index (χ2v) is 9.46. The fraction of sp³-hybridized carbons (Fsp3) is 0.400. The summed E-state index contributed by atoms with van der Waals surface area (Å²) in [6, 6.07) is 14.3. The van der Waals surface area contributed by atoms with Crippen molar-refractivity contribution in [2.75, 3.05) is 6.61 Å². The fourth-order valence-corrected chi connectivity index (χ4v) is 3.84. The van der Waals surface area contributed by atoms with Crippen molar-refractivity contribution in [1.29, 1.82) is 0 Å². The number of benzene rings is 2. The number of alkyl carbamates (subject to hydrolysis) is 1. The first-order chi connectivity index (χ1) is 14.9. The van der Waals surface area contributed by atoms with Crippen LogP contribution in [0.15, 0.2) is 48.5 Å². The van der Waals surface area contributed by atoms with Crippen molar-refractivity contribution in [1.82, 2.24) is 5.32 Å². The molecule has 0 spiro atoms. The Labute approximate surface area is 187 Å². The summed E-state index contributed by atoms with van der Waals surface area (Å²) in [7, 11) is 0. The van der Waals surface area contributed by atoms with Gasteiger partial charge in [0, 0.05) is 5.92 Å². The molecule has 7 nitrogen and oxygen atoms in total. The molecule has 0 saturated carbocycles. The minimum atomic E-state index is -1.52. The fourth-order valence-electron chi connectivity index (χ4n) is 3.84. The summed E-state index contributed by atoms with van der Waals surface area (Å²) in [5.74, 6) is -2.24. The molecule has 0 aliphatic heterocycles. The predicted octanol–water partition coefficient (Wildman–Crippen LogP) is 4.35. The van der Waals surface area contributed by atoms with Crippen molar-refractivity contribution < 1.29 is 29.0 Å². The van der Waals surface area contributed by atoms with Crippen LogP contribution in [0.5, 0.6) is 0 Å². The highest BCUT2D eigenvalue weighted by Gasteiger charge is 2.45. The van der Waals surface area contributed by atoms with Gasteiger partial charge in [-0.05, 0) is 56.9 Å². The molecule has 0 saturated heterocycles. The van der Waals surface area contributed by atoms with Gasteiger partial charge >= 0.3 is 18.0 Å². The topological polar surface area (TPSA) is 102 Å². The first kappa shape index (κ1) is 23.3. The van der Waals surface area contributed by atoms with Crippen molar-refractivity contribution in [2.45, 2.75) is 52.2 Å². The molecule has 0 radical (unpaired) electrons. The van der Waals surface area contributed by atoms with Crippen LogP contribution in [-0.4, -0.2) is 41.4 Å². The van der Waals surface area contributed by atoms with Gasteiger partial charge in [-0.1, -0.05) is 48.5 Å². The molecule has 2 aromatic rings. The van der Waals surface area contributed by atoms with E-state index in [9.17, 15) is 19.5 Å². The predicted molar refractivity (Wildman–Crippen MR) is 119 cm³/mol. The van der Waals surface area contributed by atoms with E-state index < -0.39 is 35.1 Å².